The smallest absolute Gasteiger partial charge is 0.284 e. The second kappa shape index (κ2) is 7.37. The van der Waals surface area contributed by atoms with Gasteiger partial charge >= 0.3 is 0 Å². The van der Waals surface area contributed by atoms with E-state index >= 15 is 0 Å². The normalized spacial score (nSPS) is 12.2. The van der Waals surface area contributed by atoms with Crippen molar-refractivity contribution in [1.82, 2.24) is 4.90 Å². The van der Waals surface area contributed by atoms with E-state index in [2.05, 4.69) is 4.40 Å². The third-order valence-electron chi connectivity index (χ3n) is 3.41. The highest BCUT2D eigenvalue weighted by atomic mass is 32.2. The van der Waals surface area contributed by atoms with Crippen molar-refractivity contribution in [2.75, 3.05) is 13.1 Å². The molecule has 0 aliphatic heterocycles. The van der Waals surface area contributed by atoms with Crippen molar-refractivity contribution in [3.05, 3.63) is 66.0 Å². The van der Waals surface area contributed by atoms with Gasteiger partial charge in [0.05, 0.1) is 4.90 Å². The van der Waals surface area contributed by atoms with Gasteiger partial charge in [0.2, 0.25) is 0 Å². The molecule has 0 aromatic heterocycles. The number of hydrogen-bond donors (Lipinski definition) is 0. The molecule has 0 aliphatic carbocycles. The van der Waals surface area contributed by atoms with Crippen LogP contribution in [0.5, 0.6) is 0 Å². The van der Waals surface area contributed by atoms with E-state index in [0.29, 0.717) is 24.5 Å². The Morgan fingerprint density at radius 2 is 1.57 bits per heavy atom. The molecular formula is C17H19FN2O2S. The van der Waals surface area contributed by atoms with Gasteiger partial charge in [0.15, 0.2) is 0 Å². The number of sulfonamides is 1. The molecule has 0 bridgehead atoms. The highest BCUT2D eigenvalue weighted by Crippen LogP contribution is 2.16. The molecule has 0 saturated heterocycles. The van der Waals surface area contributed by atoms with Crippen molar-refractivity contribution in [2.24, 2.45) is 4.40 Å². The maximum atomic E-state index is 13.1. The third kappa shape index (κ3) is 4.16. The fraction of sp³-hybridized carbons (Fsp3) is 0.235. The van der Waals surface area contributed by atoms with Crippen LogP contribution in [0.3, 0.4) is 0 Å². The summed E-state index contributed by atoms with van der Waals surface area (Å²) in [7, 11) is -3.83. The minimum Gasteiger partial charge on any atom is -0.356 e. The molecule has 0 atom stereocenters. The molecule has 0 radical (unpaired) electrons. The molecular weight excluding hydrogens is 315 g/mol. The summed E-state index contributed by atoms with van der Waals surface area (Å²) < 4.78 is 42.2. The van der Waals surface area contributed by atoms with Gasteiger partial charge in [-0.1, -0.05) is 18.2 Å². The van der Waals surface area contributed by atoms with E-state index in [1.54, 1.807) is 18.2 Å². The van der Waals surface area contributed by atoms with Crippen LogP contribution < -0.4 is 0 Å². The molecule has 4 nitrogen and oxygen atoms in total. The molecule has 2 aromatic carbocycles. The zero-order valence-corrected chi connectivity index (χ0v) is 13.9. The molecule has 0 saturated carbocycles. The fourth-order valence-electron chi connectivity index (χ4n) is 2.17. The first-order valence-corrected chi connectivity index (χ1v) is 8.83. The Balaban J connectivity index is 2.55. The Morgan fingerprint density at radius 1 is 1.00 bits per heavy atom. The number of rotatable bonds is 5. The van der Waals surface area contributed by atoms with E-state index in [1.807, 2.05) is 18.7 Å². The summed E-state index contributed by atoms with van der Waals surface area (Å²) in [4.78, 5) is 1.96. The van der Waals surface area contributed by atoms with Crippen LogP contribution in [0.15, 0.2) is 63.9 Å². The van der Waals surface area contributed by atoms with Crippen molar-refractivity contribution < 1.29 is 12.8 Å². The van der Waals surface area contributed by atoms with Crippen molar-refractivity contribution in [1.29, 1.82) is 0 Å². The molecule has 0 N–H and O–H groups in total. The maximum Gasteiger partial charge on any atom is 0.284 e. The minimum atomic E-state index is -3.83. The Bertz CT molecular complexity index is 768. The quantitative estimate of drug-likeness (QED) is 0.623. The number of hydrogen-bond acceptors (Lipinski definition) is 2. The molecule has 23 heavy (non-hydrogen) atoms. The van der Waals surface area contributed by atoms with Gasteiger partial charge in [0.1, 0.15) is 11.7 Å². The first kappa shape index (κ1) is 17.1. The average molecular weight is 334 g/mol. The van der Waals surface area contributed by atoms with E-state index in [4.69, 9.17) is 0 Å². The van der Waals surface area contributed by atoms with Crippen LogP contribution in [0.4, 0.5) is 4.39 Å². The predicted octanol–water partition coefficient (Wildman–Crippen LogP) is 3.30. The highest BCUT2D eigenvalue weighted by molar-refractivity contribution is 7.90. The number of benzene rings is 2. The molecule has 2 aromatic rings. The highest BCUT2D eigenvalue weighted by Gasteiger charge is 2.18. The van der Waals surface area contributed by atoms with Crippen LogP contribution in [0.2, 0.25) is 0 Å². The van der Waals surface area contributed by atoms with Gasteiger partial charge in [-0.15, -0.1) is 4.40 Å². The van der Waals surface area contributed by atoms with Crippen LogP contribution in [-0.4, -0.2) is 32.2 Å². The van der Waals surface area contributed by atoms with Gasteiger partial charge in [-0.25, -0.2) is 4.39 Å². The summed E-state index contributed by atoms with van der Waals surface area (Å²) in [6.45, 7) is 5.02. The standard InChI is InChI=1S/C17H19FN2O2S/c1-3-20(4-2)17(14-10-12-15(18)13-11-14)19-23(21,22)16-8-6-5-7-9-16/h5-13H,3-4H2,1-2H3/b19-17-. The zero-order chi connectivity index (χ0) is 16.9. The first-order valence-electron chi connectivity index (χ1n) is 7.38. The SMILES string of the molecule is CCN(CC)/C(=N\S(=O)(=O)c1ccccc1)c1ccc(F)cc1. The lowest BCUT2D eigenvalue weighted by Crippen LogP contribution is -2.32. The second-order valence-corrected chi connectivity index (χ2v) is 6.49. The van der Waals surface area contributed by atoms with Gasteiger partial charge in [-0.2, -0.15) is 8.42 Å². The van der Waals surface area contributed by atoms with Crippen LogP contribution in [0.25, 0.3) is 0 Å². The lowest BCUT2D eigenvalue weighted by Gasteiger charge is -2.23. The Kier molecular flexibility index (Phi) is 5.50. The van der Waals surface area contributed by atoms with Crippen molar-refractivity contribution in [2.45, 2.75) is 18.7 Å². The minimum absolute atomic E-state index is 0.131. The Hall–Kier alpha value is -2.21. The summed E-state index contributed by atoms with van der Waals surface area (Å²) in [6.07, 6.45) is 0. The number of amidine groups is 1. The van der Waals surface area contributed by atoms with Crippen molar-refractivity contribution in [3.8, 4) is 0 Å². The van der Waals surface area contributed by atoms with Gasteiger partial charge in [0, 0.05) is 18.7 Å². The largest absolute Gasteiger partial charge is 0.356 e. The van der Waals surface area contributed by atoms with Crippen LogP contribution in [0.1, 0.15) is 19.4 Å². The summed E-state index contributed by atoms with van der Waals surface area (Å²) in [5, 5.41) is 0. The monoisotopic (exact) mass is 334 g/mol. The third-order valence-corrected chi connectivity index (χ3v) is 4.69. The molecule has 0 unspecified atom stereocenters. The topological polar surface area (TPSA) is 49.7 Å². The molecule has 6 heteroatoms. The Labute approximate surface area is 136 Å². The fourth-order valence-corrected chi connectivity index (χ4v) is 3.23. The predicted molar refractivity (Wildman–Crippen MR) is 89.5 cm³/mol. The van der Waals surface area contributed by atoms with E-state index in [1.165, 1.54) is 36.4 Å². The molecule has 0 fully saturated rings. The van der Waals surface area contributed by atoms with Crippen molar-refractivity contribution in [3.63, 3.8) is 0 Å². The molecule has 0 amide bonds. The van der Waals surface area contributed by atoms with Gasteiger partial charge in [-0.3, -0.25) is 0 Å². The summed E-state index contributed by atoms with van der Waals surface area (Å²) in [5.74, 6) is -0.0579. The zero-order valence-electron chi connectivity index (χ0n) is 13.1. The summed E-state index contributed by atoms with van der Waals surface area (Å²) in [6, 6.07) is 13.7. The lowest BCUT2D eigenvalue weighted by molar-refractivity contribution is 0.466. The van der Waals surface area contributed by atoms with Gasteiger partial charge in [-0.05, 0) is 50.2 Å². The number of halogens is 1. The van der Waals surface area contributed by atoms with Crippen molar-refractivity contribution >= 4 is 15.9 Å². The summed E-state index contributed by atoms with van der Waals surface area (Å²) >= 11 is 0. The van der Waals surface area contributed by atoms with Crippen LogP contribution in [0, 0.1) is 5.82 Å². The van der Waals surface area contributed by atoms with E-state index < -0.39 is 10.0 Å². The van der Waals surface area contributed by atoms with Crippen LogP contribution in [-0.2, 0) is 10.0 Å². The Morgan fingerprint density at radius 3 is 2.09 bits per heavy atom. The second-order valence-electron chi connectivity index (χ2n) is 4.88. The maximum absolute atomic E-state index is 13.1. The molecule has 0 aliphatic rings. The molecule has 2 rings (SSSR count). The number of nitrogens with zero attached hydrogens (tertiary/aromatic N) is 2. The van der Waals surface area contributed by atoms with E-state index in [0.717, 1.165) is 0 Å². The summed E-state index contributed by atoms with van der Waals surface area (Å²) in [5.41, 5.74) is 0.564. The van der Waals surface area contributed by atoms with E-state index in [9.17, 15) is 12.8 Å². The van der Waals surface area contributed by atoms with E-state index in [-0.39, 0.29) is 10.7 Å². The van der Waals surface area contributed by atoms with Gasteiger partial charge < -0.3 is 4.90 Å². The molecule has 0 heterocycles. The molecule has 122 valence electrons. The lowest BCUT2D eigenvalue weighted by atomic mass is 10.2. The average Bonchev–Trinajstić information content (AvgIpc) is 2.56. The van der Waals surface area contributed by atoms with Crippen LogP contribution >= 0.6 is 0 Å². The molecule has 0 spiro atoms. The first-order chi connectivity index (χ1) is 11.0. The van der Waals surface area contributed by atoms with Gasteiger partial charge in [0.25, 0.3) is 10.0 Å².